The molecule has 1 aliphatic carbocycles. The average molecular weight is 296 g/mol. The maximum atomic E-state index is 6.06. The van der Waals surface area contributed by atoms with Gasteiger partial charge in [0, 0.05) is 24.2 Å². The molecule has 0 spiro atoms. The third-order valence-corrected chi connectivity index (χ3v) is 4.51. The molecule has 1 saturated heterocycles. The van der Waals surface area contributed by atoms with E-state index in [1.165, 1.54) is 32.1 Å². The molecule has 0 unspecified atom stereocenters. The Morgan fingerprint density at radius 1 is 1.19 bits per heavy atom. The van der Waals surface area contributed by atoms with E-state index in [0.29, 0.717) is 5.96 Å². The van der Waals surface area contributed by atoms with Crippen LogP contribution in [0.3, 0.4) is 0 Å². The van der Waals surface area contributed by atoms with Crippen molar-refractivity contribution in [2.24, 2.45) is 10.7 Å². The number of hydrogen-bond acceptors (Lipinski definition) is 3. The molecule has 1 heterocycles. The molecule has 0 bridgehead atoms. The Morgan fingerprint density at radius 3 is 2.38 bits per heavy atom. The zero-order valence-corrected chi connectivity index (χ0v) is 14.0. The van der Waals surface area contributed by atoms with E-state index < -0.39 is 0 Å². The van der Waals surface area contributed by atoms with Crippen molar-refractivity contribution in [3.05, 3.63) is 0 Å². The van der Waals surface area contributed by atoms with E-state index in [9.17, 15) is 0 Å². The molecule has 1 aliphatic heterocycles. The van der Waals surface area contributed by atoms with Crippen LogP contribution in [0.1, 0.15) is 52.9 Å². The number of guanidine groups is 1. The molecular weight excluding hydrogens is 264 g/mol. The lowest BCUT2D eigenvalue weighted by Gasteiger charge is -2.47. The number of nitrogens with zero attached hydrogens (tertiary/aromatic N) is 2. The third-order valence-electron chi connectivity index (χ3n) is 4.51. The predicted molar refractivity (Wildman–Crippen MR) is 87.6 cm³/mol. The molecule has 2 aliphatic rings. The fraction of sp³-hybridized carbons (Fsp3) is 0.938. The maximum Gasteiger partial charge on any atom is 0.189 e. The minimum absolute atomic E-state index is 0.0354. The molecule has 5 heteroatoms. The molecule has 2 fully saturated rings. The largest absolute Gasteiger partial charge is 0.379 e. The van der Waals surface area contributed by atoms with Crippen molar-refractivity contribution in [1.82, 2.24) is 10.2 Å². The van der Waals surface area contributed by atoms with Crippen LogP contribution in [0, 0.1) is 0 Å². The number of morpholine rings is 1. The van der Waals surface area contributed by atoms with Gasteiger partial charge in [-0.3, -0.25) is 9.89 Å². The third kappa shape index (κ3) is 4.85. The van der Waals surface area contributed by atoms with Crippen molar-refractivity contribution in [1.29, 1.82) is 0 Å². The molecule has 21 heavy (non-hydrogen) atoms. The van der Waals surface area contributed by atoms with Crippen LogP contribution in [0.4, 0.5) is 0 Å². The van der Waals surface area contributed by atoms with E-state index in [-0.39, 0.29) is 11.1 Å². The highest BCUT2D eigenvalue weighted by atomic mass is 16.5. The van der Waals surface area contributed by atoms with Crippen LogP contribution >= 0.6 is 0 Å². The van der Waals surface area contributed by atoms with E-state index in [1.54, 1.807) is 0 Å². The standard InChI is InChI=1S/C16H32N4O/c1-15(2,3)19-14(17)18-13-16(7-5-4-6-8-16)20-9-11-21-12-10-20/h4-13H2,1-3H3,(H3,17,18,19). The van der Waals surface area contributed by atoms with Crippen molar-refractivity contribution in [2.75, 3.05) is 32.8 Å². The summed E-state index contributed by atoms with van der Waals surface area (Å²) >= 11 is 0. The van der Waals surface area contributed by atoms with E-state index in [4.69, 9.17) is 10.5 Å². The Bertz CT molecular complexity index is 350. The average Bonchev–Trinajstić information content (AvgIpc) is 2.45. The molecule has 5 nitrogen and oxygen atoms in total. The summed E-state index contributed by atoms with van der Waals surface area (Å²) in [6, 6.07) is 0. The first-order valence-electron chi connectivity index (χ1n) is 8.32. The van der Waals surface area contributed by atoms with Gasteiger partial charge in [-0.1, -0.05) is 19.3 Å². The van der Waals surface area contributed by atoms with E-state index in [0.717, 1.165) is 32.8 Å². The number of ether oxygens (including phenoxy) is 1. The van der Waals surface area contributed by atoms with Gasteiger partial charge in [0.25, 0.3) is 0 Å². The smallest absolute Gasteiger partial charge is 0.189 e. The van der Waals surface area contributed by atoms with Crippen molar-refractivity contribution in [2.45, 2.75) is 64.0 Å². The molecule has 1 saturated carbocycles. The highest BCUT2D eigenvalue weighted by Crippen LogP contribution is 2.34. The Labute approximate surface area is 129 Å². The monoisotopic (exact) mass is 296 g/mol. The second-order valence-electron chi connectivity index (χ2n) is 7.46. The zero-order chi connectivity index (χ0) is 15.3. The number of nitrogens with two attached hydrogens (primary N) is 1. The van der Waals surface area contributed by atoms with Crippen LogP contribution < -0.4 is 11.1 Å². The normalized spacial score (nSPS) is 24.8. The molecule has 0 aromatic rings. The van der Waals surface area contributed by atoms with Crippen LogP contribution in [-0.4, -0.2) is 54.8 Å². The molecule has 0 radical (unpaired) electrons. The topological polar surface area (TPSA) is 62.9 Å². The second-order valence-corrected chi connectivity index (χ2v) is 7.46. The lowest BCUT2D eigenvalue weighted by molar-refractivity contribution is -0.0333. The number of nitrogens with one attached hydrogen (secondary N) is 1. The van der Waals surface area contributed by atoms with Crippen molar-refractivity contribution in [3.63, 3.8) is 0 Å². The summed E-state index contributed by atoms with van der Waals surface area (Å²) in [5.41, 5.74) is 6.23. The highest BCUT2D eigenvalue weighted by molar-refractivity contribution is 5.78. The van der Waals surface area contributed by atoms with Crippen LogP contribution in [-0.2, 0) is 4.74 Å². The Kier molecular flexibility index (Phi) is 5.49. The minimum atomic E-state index is -0.0354. The summed E-state index contributed by atoms with van der Waals surface area (Å²) in [6.45, 7) is 10.9. The lowest BCUT2D eigenvalue weighted by Crippen LogP contribution is -2.57. The van der Waals surface area contributed by atoms with Gasteiger partial charge in [0.2, 0.25) is 0 Å². The van der Waals surface area contributed by atoms with Crippen LogP contribution in [0.5, 0.6) is 0 Å². The van der Waals surface area contributed by atoms with Gasteiger partial charge in [-0.25, -0.2) is 0 Å². The SMILES string of the molecule is CC(C)(C)NC(N)=NCC1(N2CCOCC2)CCCCC1. The van der Waals surface area contributed by atoms with Gasteiger partial charge in [-0.15, -0.1) is 0 Å². The van der Waals surface area contributed by atoms with Gasteiger partial charge in [0.15, 0.2) is 5.96 Å². The van der Waals surface area contributed by atoms with Crippen LogP contribution in [0.2, 0.25) is 0 Å². The highest BCUT2D eigenvalue weighted by Gasteiger charge is 2.38. The fourth-order valence-electron chi connectivity index (χ4n) is 3.48. The first-order valence-corrected chi connectivity index (χ1v) is 8.32. The Hall–Kier alpha value is -0.810. The van der Waals surface area contributed by atoms with Crippen LogP contribution in [0.15, 0.2) is 4.99 Å². The summed E-state index contributed by atoms with van der Waals surface area (Å²) in [7, 11) is 0. The number of rotatable bonds is 3. The first-order chi connectivity index (χ1) is 9.91. The summed E-state index contributed by atoms with van der Waals surface area (Å²) in [5, 5.41) is 3.26. The van der Waals surface area contributed by atoms with E-state index in [1.807, 2.05) is 0 Å². The molecule has 0 aromatic carbocycles. The van der Waals surface area contributed by atoms with Crippen molar-refractivity contribution >= 4 is 5.96 Å². The molecule has 2 rings (SSSR count). The predicted octanol–water partition coefficient (Wildman–Crippen LogP) is 1.72. The fourth-order valence-corrected chi connectivity index (χ4v) is 3.48. The molecule has 122 valence electrons. The van der Waals surface area contributed by atoms with Crippen molar-refractivity contribution in [3.8, 4) is 0 Å². The van der Waals surface area contributed by atoms with Gasteiger partial charge in [0.1, 0.15) is 0 Å². The number of hydrogen-bond donors (Lipinski definition) is 2. The summed E-state index contributed by atoms with van der Waals surface area (Å²) in [5.74, 6) is 0.570. The second kappa shape index (κ2) is 6.97. The Balaban J connectivity index is 2.03. The molecule has 0 amide bonds. The van der Waals surface area contributed by atoms with E-state index >= 15 is 0 Å². The van der Waals surface area contributed by atoms with E-state index in [2.05, 4.69) is 36.0 Å². The molecule has 3 N–H and O–H groups in total. The van der Waals surface area contributed by atoms with Crippen molar-refractivity contribution < 1.29 is 4.74 Å². The van der Waals surface area contributed by atoms with Gasteiger partial charge in [0.05, 0.1) is 19.8 Å². The number of aliphatic imine (C=N–C) groups is 1. The maximum absolute atomic E-state index is 6.06. The molecule has 0 aromatic heterocycles. The first kappa shape index (κ1) is 16.6. The minimum Gasteiger partial charge on any atom is -0.379 e. The zero-order valence-electron chi connectivity index (χ0n) is 14.0. The van der Waals surface area contributed by atoms with Gasteiger partial charge < -0.3 is 15.8 Å². The van der Waals surface area contributed by atoms with Gasteiger partial charge in [-0.05, 0) is 33.6 Å². The van der Waals surface area contributed by atoms with Gasteiger partial charge in [-0.2, -0.15) is 0 Å². The molecular formula is C16H32N4O. The lowest BCUT2D eigenvalue weighted by atomic mass is 9.80. The quantitative estimate of drug-likeness (QED) is 0.615. The van der Waals surface area contributed by atoms with Gasteiger partial charge >= 0.3 is 0 Å². The molecule has 0 atom stereocenters. The Morgan fingerprint density at radius 2 is 1.81 bits per heavy atom. The summed E-state index contributed by atoms with van der Waals surface area (Å²) < 4.78 is 5.51. The summed E-state index contributed by atoms with van der Waals surface area (Å²) in [6.07, 6.45) is 6.43. The summed E-state index contributed by atoms with van der Waals surface area (Å²) in [4.78, 5) is 7.28. The van der Waals surface area contributed by atoms with Crippen LogP contribution in [0.25, 0.3) is 0 Å².